The summed E-state index contributed by atoms with van der Waals surface area (Å²) in [7, 11) is 0. The second-order valence-electron chi connectivity index (χ2n) is 6.25. The van der Waals surface area contributed by atoms with Crippen LogP contribution >= 0.6 is 23.1 Å². The first kappa shape index (κ1) is 17.3. The number of esters is 1. The molecule has 2 unspecified atom stereocenters. The molecule has 0 radical (unpaired) electrons. The lowest BCUT2D eigenvalue weighted by Gasteiger charge is -2.26. The number of amides is 1. The zero-order valence-corrected chi connectivity index (χ0v) is 14.7. The maximum Gasteiger partial charge on any atom is 0.326 e. The Hall–Kier alpha value is -1.05. The largest absolute Gasteiger partial charge is 0.459 e. The average molecular weight is 342 g/mol. The minimum Gasteiger partial charge on any atom is -0.459 e. The van der Waals surface area contributed by atoms with E-state index < -0.39 is 17.6 Å². The van der Waals surface area contributed by atoms with Gasteiger partial charge in [-0.1, -0.05) is 6.07 Å². The summed E-state index contributed by atoms with van der Waals surface area (Å²) in [5.74, 6) is -0.0195. The van der Waals surface area contributed by atoms with Gasteiger partial charge in [0.15, 0.2) is 0 Å². The Balaban J connectivity index is 2.08. The zero-order chi connectivity index (χ0) is 16.3. The molecule has 2 rings (SSSR count). The second-order valence-corrected chi connectivity index (χ2v) is 8.46. The monoisotopic (exact) mass is 342 g/mol. The number of ether oxygens (including phenoxy) is 1. The molecule has 0 bridgehead atoms. The van der Waals surface area contributed by atoms with Gasteiger partial charge in [-0.15, -0.1) is 23.1 Å². The molecule has 2 N–H and O–H groups in total. The minimum absolute atomic E-state index is 0.0494. The number of carbonyl (C=O) groups is 2. The third-order valence-corrected chi connectivity index (χ3v) is 5.58. The van der Waals surface area contributed by atoms with E-state index in [9.17, 15) is 9.59 Å². The highest BCUT2D eigenvalue weighted by Gasteiger charge is 2.32. The van der Waals surface area contributed by atoms with Crippen molar-refractivity contribution in [3.05, 3.63) is 22.4 Å². The van der Waals surface area contributed by atoms with E-state index in [4.69, 9.17) is 10.5 Å². The Labute approximate surface area is 139 Å². The van der Waals surface area contributed by atoms with E-state index in [1.807, 2.05) is 32.2 Å². The van der Waals surface area contributed by atoms with Gasteiger partial charge in [-0.05, 0) is 32.2 Å². The first-order chi connectivity index (χ1) is 10.3. The van der Waals surface area contributed by atoms with E-state index in [1.54, 1.807) is 23.1 Å². The van der Waals surface area contributed by atoms with Crippen LogP contribution in [-0.4, -0.2) is 47.3 Å². The number of nitrogens with zero attached hydrogens (tertiary/aromatic N) is 1. The maximum absolute atomic E-state index is 12.3. The molecule has 0 saturated carbocycles. The van der Waals surface area contributed by atoms with Gasteiger partial charge in [0.1, 0.15) is 12.1 Å². The SMILES string of the molecule is CC(C)(C)OC(=O)CN1CC(c2cccs2)SCC(N)C1=O. The fourth-order valence-electron chi connectivity index (χ4n) is 2.19. The molecular weight excluding hydrogens is 320 g/mol. The highest BCUT2D eigenvalue weighted by atomic mass is 32.2. The Bertz CT molecular complexity index is 525. The summed E-state index contributed by atoms with van der Waals surface area (Å²) < 4.78 is 5.31. The molecule has 2 atom stereocenters. The molecule has 0 spiro atoms. The van der Waals surface area contributed by atoms with E-state index in [-0.39, 0.29) is 17.7 Å². The number of carbonyl (C=O) groups excluding carboxylic acids is 2. The molecule has 1 aromatic heterocycles. The van der Waals surface area contributed by atoms with Crippen LogP contribution in [0.5, 0.6) is 0 Å². The van der Waals surface area contributed by atoms with Crippen molar-refractivity contribution in [2.75, 3.05) is 18.8 Å². The Morgan fingerprint density at radius 3 is 2.82 bits per heavy atom. The highest BCUT2D eigenvalue weighted by Crippen LogP contribution is 2.35. The van der Waals surface area contributed by atoms with Crippen LogP contribution in [0.4, 0.5) is 0 Å². The molecule has 2 heterocycles. The average Bonchev–Trinajstić information content (AvgIpc) is 2.88. The third kappa shape index (κ3) is 4.72. The molecule has 7 heteroatoms. The molecule has 1 saturated heterocycles. The number of hydrogen-bond donors (Lipinski definition) is 1. The molecule has 1 aliphatic heterocycles. The van der Waals surface area contributed by atoms with Gasteiger partial charge in [-0.3, -0.25) is 9.59 Å². The summed E-state index contributed by atoms with van der Waals surface area (Å²) in [6.07, 6.45) is 0. The molecule has 1 aromatic rings. The highest BCUT2D eigenvalue weighted by molar-refractivity contribution is 7.99. The van der Waals surface area contributed by atoms with Crippen LogP contribution in [-0.2, 0) is 14.3 Å². The lowest BCUT2D eigenvalue weighted by atomic mass is 10.2. The topological polar surface area (TPSA) is 72.6 Å². The van der Waals surface area contributed by atoms with Gasteiger partial charge >= 0.3 is 5.97 Å². The molecule has 0 aliphatic carbocycles. The first-order valence-electron chi connectivity index (χ1n) is 7.17. The molecule has 1 fully saturated rings. The normalized spacial score (nSPS) is 23.3. The summed E-state index contributed by atoms with van der Waals surface area (Å²) in [5.41, 5.74) is 5.37. The Morgan fingerprint density at radius 2 is 2.23 bits per heavy atom. The van der Waals surface area contributed by atoms with Crippen molar-refractivity contribution in [1.29, 1.82) is 0 Å². The quantitative estimate of drug-likeness (QED) is 0.851. The third-order valence-electron chi connectivity index (χ3n) is 3.09. The van der Waals surface area contributed by atoms with E-state index >= 15 is 0 Å². The Morgan fingerprint density at radius 1 is 1.50 bits per heavy atom. The van der Waals surface area contributed by atoms with Crippen molar-refractivity contribution < 1.29 is 14.3 Å². The standard InChI is InChI=1S/C15H22N2O3S2/c1-15(2,3)20-13(18)8-17-7-12(11-5-4-6-21-11)22-9-10(16)14(17)19/h4-6,10,12H,7-9,16H2,1-3H3. The minimum atomic E-state index is -0.572. The van der Waals surface area contributed by atoms with Gasteiger partial charge in [0.25, 0.3) is 0 Å². The smallest absolute Gasteiger partial charge is 0.326 e. The summed E-state index contributed by atoms with van der Waals surface area (Å²) in [6, 6.07) is 3.47. The number of thiophene rings is 1. The van der Waals surface area contributed by atoms with Crippen LogP contribution < -0.4 is 5.73 Å². The Kier molecular flexibility index (Phi) is 5.52. The fourth-order valence-corrected chi connectivity index (χ4v) is 4.37. The maximum atomic E-state index is 12.3. The first-order valence-corrected chi connectivity index (χ1v) is 9.10. The van der Waals surface area contributed by atoms with Crippen LogP contribution in [0, 0.1) is 0 Å². The molecule has 122 valence electrons. The van der Waals surface area contributed by atoms with Crippen molar-refractivity contribution >= 4 is 35.0 Å². The van der Waals surface area contributed by atoms with Gasteiger partial charge in [0.05, 0.1) is 11.3 Å². The molecule has 5 nitrogen and oxygen atoms in total. The predicted octanol–water partition coefficient (Wildman–Crippen LogP) is 2.03. The van der Waals surface area contributed by atoms with Gasteiger partial charge < -0.3 is 15.4 Å². The van der Waals surface area contributed by atoms with Gasteiger partial charge in [-0.25, -0.2) is 0 Å². The van der Waals surface area contributed by atoms with Crippen LogP contribution in [0.2, 0.25) is 0 Å². The van der Waals surface area contributed by atoms with Crippen molar-refractivity contribution in [2.45, 2.75) is 37.7 Å². The summed E-state index contributed by atoms with van der Waals surface area (Å²) in [6.45, 7) is 5.87. The number of rotatable bonds is 3. The molecule has 1 amide bonds. The van der Waals surface area contributed by atoms with Crippen molar-refractivity contribution in [1.82, 2.24) is 4.90 Å². The van der Waals surface area contributed by atoms with Crippen molar-refractivity contribution in [3.8, 4) is 0 Å². The lowest BCUT2D eigenvalue weighted by Crippen LogP contribution is -2.47. The van der Waals surface area contributed by atoms with Gasteiger partial charge in [0.2, 0.25) is 5.91 Å². The summed E-state index contributed by atoms with van der Waals surface area (Å²) >= 11 is 3.32. The second kappa shape index (κ2) is 7.02. The molecule has 1 aliphatic rings. The number of nitrogens with two attached hydrogens (primary N) is 1. The predicted molar refractivity (Wildman–Crippen MR) is 89.9 cm³/mol. The molecule has 22 heavy (non-hydrogen) atoms. The van der Waals surface area contributed by atoms with E-state index in [0.29, 0.717) is 12.3 Å². The van der Waals surface area contributed by atoms with Crippen LogP contribution in [0.15, 0.2) is 17.5 Å². The van der Waals surface area contributed by atoms with E-state index in [0.717, 1.165) is 0 Å². The van der Waals surface area contributed by atoms with E-state index in [1.165, 1.54) is 9.78 Å². The summed E-state index contributed by atoms with van der Waals surface area (Å²) in [5, 5.41) is 2.17. The van der Waals surface area contributed by atoms with Crippen LogP contribution in [0.3, 0.4) is 0 Å². The lowest BCUT2D eigenvalue weighted by molar-refractivity contribution is -0.159. The molecular formula is C15H22N2O3S2. The van der Waals surface area contributed by atoms with Gasteiger partial charge in [0, 0.05) is 17.2 Å². The number of thioether (sulfide) groups is 1. The molecule has 0 aromatic carbocycles. The summed E-state index contributed by atoms with van der Waals surface area (Å²) in [4.78, 5) is 27.1. The van der Waals surface area contributed by atoms with Crippen molar-refractivity contribution in [2.24, 2.45) is 5.73 Å². The van der Waals surface area contributed by atoms with Gasteiger partial charge in [-0.2, -0.15) is 0 Å². The zero-order valence-electron chi connectivity index (χ0n) is 13.1. The van der Waals surface area contributed by atoms with Crippen molar-refractivity contribution in [3.63, 3.8) is 0 Å². The van der Waals surface area contributed by atoms with Crippen LogP contribution in [0.25, 0.3) is 0 Å². The van der Waals surface area contributed by atoms with E-state index in [2.05, 4.69) is 6.07 Å². The fraction of sp³-hybridized carbons (Fsp3) is 0.600. The number of hydrogen-bond acceptors (Lipinski definition) is 6. The van der Waals surface area contributed by atoms with Crippen LogP contribution in [0.1, 0.15) is 30.9 Å².